The van der Waals surface area contributed by atoms with E-state index >= 15 is 0 Å². The number of rotatable bonds is 3. The molecule has 0 atom stereocenters. The van der Waals surface area contributed by atoms with Gasteiger partial charge in [-0.3, -0.25) is 4.98 Å². The topological polar surface area (TPSA) is 12.9 Å². The first-order chi connectivity index (χ1) is 5.36. The summed E-state index contributed by atoms with van der Waals surface area (Å²) in [5.74, 6) is 0. The summed E-state index contributed by atoms with van der Waals surface area (Å²) in [4.78, 5) is 4.43. The molecule has 11 heavy (non-hydrogen) atoms. The number of aryl methyl sites for hydroxylation is 1. The zero-order valence-electron chi connectivity index (χ0n) is 7.17. The first-order valence-corrected chi connectivity index (χ1v) is 4.16. The van der Waals surface area contributed by atoms with Crippen LogP contribution in [0.3, 0.4) is 0 Å². The first kappa shape index (κ1) is 8.25. The fourth-order valence-electron chi connectivity index (χ4n) is 1.02. The quantitative estimate of drug-likeness (QED) is 0.642. The molecule has 0 aliphatic rings. The molecule has 0 saturated heterocycles. The minimum absolute atomic E-state index is 1.02. The highest BCUT2D eigenvalue weighted by atomic mass is 14.7. The maximum absolute atomic E-state index is 4.43. The molecular formula is C10H14N. The summed E-state index contributed by atoms with van der Waals surface area (Å²) in [6, 6.07) is 6.17. The maximum atomic E-state index is 4.43. The fraction of sp³-hybridized carbons (Fsp3) is 0.400. The number of hydrogen-bond acceptors (Lipinski definition) is 1. The van der Waals surface area contributed by atoms with Crippen molar-refractivity contribution in [3.63, 3.8) is 0 Å². The summed E-state index contributed by atoms with van der Waals surface area (Å²) in [7, 11) is 0. The normalized spacial score (nSPS) is 10.0. The van der Waals surface area contributed by atoms with Crippen molar-refractivity contribution in [1.29, 1.82) is 0 Å². The van der Waals surface area contributed by atoms with Crippen LogP contribution in [-0.4, -0.2) is 4.98 Å². The Labute approximate surface area is 68.5 Å². The van der Waals surface area contributed by atoms with Gasteiger partial charge < -0.3 is 0 Å². The zero-order valence-corrected chi connectivity index (χ0v) is 7.17. The lowest BCUT2D eigenvalue weighted by molar-refractivity contribution is 0.985. The van der Waals surface area contributed by atoms with Crippen molar-refractivity contribution in [3.05, 3.63) is 36.0 Å². The lowest BCUT2D eigenvalue weighted by Gasteiger charge is -1.99. The Kier molecular flexibility index (Phi) is 3.09. The average molecular weight is 148 g/mol. The van der Waals surface area contributed by atoms with Crippen LogP contribution in [0.4, 0.5) is 0 Å². The van der Waals surface area contributed by atoms with Gasteiger partial charge in [0.25, 0.3) is 0 Å². The van der Waals surface area contributed by atoms with Crippen molar-refractivity contribution in [3.8, 4) is 0 Å². The average Bonchev–Trinajstić information content (AvgIpc) is 2.06. The Bertz CT molecular complexity index is 218. The number of nitrogens with zero attached hydrogens (tertiary/aromatic N) is 1. The molecule has 1 heteroatoms. The second-order valence-electron chi connectivity index (χ2n) is 2.52. The molecule has 0 bridgehead atoms. The molecule has 1 aromatic heterocycles. The Balaban J connectivity index is 2.74. The summed E-state index contributed by atoms with van der Waals surface area (Å²) in [6.45, 7) is 4.25. The molecule has 1 heterocycles. The second-order valence-corrected chi connectivity index (χ2v) is 2.52. The molecule has 0 aliphatic heterocycles. The summed E-state index contributed by atoms with van der Waals surface area (Å²) in [5.41, 5.74) is 2.28. The van der Waals surface area contributed by atoms with E-state index in [1.54, 1.807) is 0 Å². The molecule has 59 valence electrons. The SMILES string of the molecule is CC[CH]c1cccc(CC)n1. The van der Waals surface area contributed by atoms with Gasteiger partial charge in [-0.05, 0) is 25.0 Å². The molecule has 0 fully saturated rings. The largest absolute Gasteiger partial charge is 0.258 e. The highest BCUT2D eigenvalue weighted by Crippen LogP contribution is 2.03. The molecule has 0 saturated carbocycles. The van der Waals surface area contributed by atoms with E-state index in [4.69, 9.17) is 0 Å². The zero-order chi connectivity index (χ0) is 8.10. The second kappa shape index (κ2) is 4.12. The van der Waals surface area contributed by atoms with Gasteiger partial charge in [0, 0.05) is 17.8 Å². The van der Waals surface area contributed by atoms with Crippen LogP contribution < -0.4 is 0 Å². The van der Waals surface area contributed by atoms with Crippen molar-refractivity contribution < 1.29 is 0 Å². The van der Waals surface area contributed by atoms with Crippen LogP contribution in [0.2, 0.25) is 0 Å². The molecule has 1 nitrogen and oxygen atoms in total. The van der Waals surface area contributed by atoms with E-state index in [9.17, 15) is 0 Å². The minimum atomic E-state index is 1.02. The highest BCUT2D eigenvalue weighted by Gasteiger charge is 1.93. The van der Waals surface area contributed by atoms with E-state index < -0.39 is 0 Å². The molecule has 0 amide bonds. The highest BCUT2D eigenvalue weighted by molar-refractivity contribution is 5.16. The maximum Gasteiger partial charge on any atom is 0.0444 e. The van der Waals surface area contributed by atoms with Crippen molar-refractivity contribution >= 4 is 0 Å². The molecule has 0 aromatic carbocycles. The first-order valence-electron chi connectivity index (χ1n) is 4.16. The van der Waals surface area contributed by atoms with Gasteiger partial charge >= 0.3 is 0 Å². The van der Waals surface area contributed by atoms with Gasteiger partial charge in [0.05, 0.1) is 0 Å². The lowest BCUT2D eigenvalue weighted by Crippen LogP contribution is -1.91. The van der Waals surface area contributed by atoms with E-state index in [0.717, 1.165) is 18.5 Å². The van der Waals surface area contributed by atoms with Crippen LogP contribution in [0.15, 0.2) is 18.2 Å². The number of hydrogen-bond donors (Lipinski definition) is 0. The molecule has 0 spiro atoms. The number of pyridine rings is 1. The fourth-order valence-corrected chi connectivity index (χ4v) is 1.02. The predicted molar refractivity (Wildman–Crippen MR) is 47.3 cm³/mol. The monoisotopic (exact) mass is 148 g/mol. The van der Waals surface area contributed by atoms with Crippen molar-refractivity contribution in [2.75, 3.05) is 0 Å². The van der Waals surface area contributed by atoms with Crippen LogP contribution in [0.5, 0.6) is 0 Å². The van der Waals surface area contributed by atoms with Gasteiger partial charge in [0.2, 0.25) is 0 Å². The van der Waals surface area contributed by atoms with Crippen molar-refractivity contribution in [1.82, 2.24) is 4.98 Å². The third-order valence-electron chi connectivity index (χ3n) is 1.60. The molecule has 1 aromatic rings. The van der Waals surface area contributed by atoms with Gasteiger partial charge in [0.15, 0.2) is 0 Å². The van der Waals surface area contributed by atoms with Crippen molar-refractivity contribution in [2.45, 2.75) is 26.7 Å². The van der Waals surface area contributed by atoms with E-state index in [0.29, 0.717) is 0 Å². The molecule has 0 unspecified atom stereocenters. The molecule has 1 radical (unpaired) electrons. The van der Waals surface area contributed by atoms with Gasteiger partial charge in [-0.25, -0.2) is 0 Å². The van der Waals surface area contributed by atoms with Gasteiger partial charge in [-0.15, -0.1) is 0 Å². The van der Waals surface area contributed by atoms with E-state index in [1.165, 1.54) is 5.69 Å². The summed E-state index contributed by atoms with van der Waals surface area (Å²) >= 11 is 0. The smallest absolute Gasteiger partial charge is 0.0444 e. The molecule has 0 aliphatic carbocycles. The van der Waals surface area contributed by atoms with E-state index in [2.05, 4.69) is 37.4 Å². The molecule has 0 N–H and O–H groups in total. The molecule has 1 rings (SSSR count). The molecular weight excluding hydrogens is 134 g/mol. The Hall–Kier alpha value is -0.850. The Morgan fingerprint density at radius 3 is 2.82 bits per heavy atom. The Morgan fingerprint density at radius 2 is 2.18 bits per heavy atom. The van der Waals surface area contributed by atoms with Gasteiger partial charge in [-0.1, -0.05) is 19.9 Å². The van der Waals surface area contributed by atoms with Crippen LogP contribution in [0.1, 0.15) is 31.7 Å². The van der Waals surface area contributed by atoms with Gasteiger partial charge in [-0.2, -0.15) is 0 Å². The summed E-state index contributed by atoms with van der Waals surface area (Å²) in [5, 5.41) is 0. The number of aromatic nitrogens is 1. The summed E-state index contributed by atoms with van der Waals surface area (Å²) < 4.78 is 0. The predicted octanol–water partition coefficient (Wildman–Crippen LogP) is 2.61. The van der Waals surface area contributed by atoms with E-state index in [-0.39, 0.29) is 0 Å². The van der Waals surface area contributed by atoms with Gasteiger partial charge in [0.1, 0.15) is 0 Å². The van der Waals surface area contributed by atoms with Crippen molar-refractivity contribution in [2.24, 2.45) is 0 Å². The minimum Gasteiger partial charge on any atom is -0.258 e. The van der Waals surface area contributed by atoms with Crippen LogP contribution >= 0.6 is 0 Å². The standard InChI is InChI=1S/C10H14N/c1-3-6-10-8-5-7-9(4-2)11-10/h5-8H,3-4H2,1-2H3. The van der Waals surface area contributed by atoms with Crippen LogP contribution in [0, 0.1) is 6.42 Å². The van der Waals surface area contributed by atoms with Crippen LogP contribution in [-0.2, 0) is 6.42 Å². The van der Waals surface area contributed by atoms with Crippen LogP contribution in [0.25, 0.3) is 0 Å². The van der Waals surface area contributed by atoms with E-state index in [1.807, 2.05) is 6.07 Å². The third-order valence-corrected chi connectivity index (χ3v) is 1.60. The third kappa shape index (κ3) is 2.34. The summed E-state index contributed by atoms with van der Waals surface area (Å²) in [6.07, 6.45) is 4.21. The lowest BCUT2D eigenvalue weighted by atomic mass is 10.2. The Morgan fingerprint density at radius 1 is 1.36 bits per heavy atom.